The molecule has 2 heteroatoms. The van der Waals surface area contributed by atoms with Crippen LogP contribution in [0.25, 0.3) is 0 Å². The second-order valence-corrected chi connectivity index (χ2v) is 5.03. The van der Waals surface area contributed by atoms with Crippen molar-refractivity contribution in [3.63, 3.8) is 0 Å². The predicted molar refractivity (Wildman–Crippen MR) is 63.5 cm³/mol. The molecule has 1 aliphatic carbocycles. The van der Waals surface area contributed by atoms with Crippen molar-refractivity contribution in [2.75, 3.05) is 0 Å². The van der Waals surface area contributed by atoms with Crippen LogP contribution in [0.5, 0.6) is 0 Å². The van der Waals surface area contributed by atoms with E-state index < -0.39 is 0 Å². The lowest BCUT2D eigenvalue weighted by Gasteiger charge is -2.30. The third kappa shape index (κ3) is 1.68. The smallest absolute Gasteiger partial charge is 0.0796 e. The highest BCUT2D eigenvalue weighted by Gasteiger charge is 2.27. The minimum Gasteiger partial charge on any atom is -0.388 e. The van der Waals surface area contributed by atoms with Gasteiger partial charge >= 0.3 is 0 Å². The Morgan fingerprint density at radius 3 is 2.60 bits per heavy atom. The predicted octanol–water partition coefficient (Wildman–Crippen LogP) is 3.89. The second-order valence-electron chi connectivity index (χ2n) is 4.62. The molecule has 0 spiro atoms. The fourth-order valence-corrected chi connectivity index (χ4v) is 3.00. The van der Waals surface area contributed by atoms with E-state index in [2.05, 4.69) is 13.8 Å². The van der Waals surface area contributed by atoms with Crippen LogP contribution in [0.4, 0.5) is 0 Å². The molecule has 1 unspecified atom stereocenters. The standard InChI is InChI=1S/C13H17ClO/c1-7-4-5-11(15)13-9(3)8(2)6-10(14)12(7)13/h6-7,11,15H,4-5H2,1-3H3/t7?,11-/m0/s1. The van der Waals surface area contributed by atoms with Gasteiger partial charge in [-0.3, -0.25) is 0 Å². The maximum atomic E-state index is 10.1. The van der Waals surface area contributed by atoms with Crippen LogP contribution in [0.1, 0.15) is 54.0 Å². The number of rotatable bonds is 0. The molecule has 1 aromatic carbocycles. The molecule has 0 aliphatic heterocycles. The van der Waals surface area contributed by atoms with E-state index in [1.807, 2.05) is 13.0 Å². The molecular weight excluding hydrogens is 208 g/mol. The first-order valence-electron chi connectivity index (χ1n) is 5.50. The average molecular weight is 225 g/mol. The van der Waals surface area contributed by atoms with Crippen LogP contribution in [-0.4, -0.2) is 5.11 Å². The molecular formula is C13H17ClO. The van der Waals surface area contributed by atoms with E-state index in [-0.39, 0.29) is 6.10 Å². The van der Waals surface area contributed by atoms with Crippen LogP contribution < -0.4 is 0 Å². The third-order valence-electron chi connectivity index (χ3n) is 3.59. The fourth-order valence-electron chi connectivity index (χ4n) is 2.55. The second kappa shape index (κ2) is 3.80. The van der Waals surface area contributed by atoms with E-state index in [9.17, 15) is 5.11 Å². The van der Waals surface area contributed by atoms with Crippen molar-refractivity contribution in [1.82, 2.24) is 0 Å². The SMILES string of the molecule is Cc1cc(Cl)c2c(c1C)[C@@H](O)CCC2C. The van der Waals surface area contributed by atoms with Gasteiger partial charge in [0.2, 0.25) is 0 Å². The van der Waals surface area contributed by atoms with Gasteiger partial charge in [0, 0.05) is 5.02 Å². The Kier molecular flexibility index (Phi) is 2.78. The zero-order valence-corrected chi connectivity index (χ0v) is 10.2. The highest BCUT2D eigenvalue weighted by Crippen LogP contribution is 2.43. The van der Waals surface area contributed by atoms with Crippen LogP contribution in [0.15, 0.2) is 6.07 Å². The van der Waals surface area contributed by atoms with Gasteiger partial charge in [0.15, 0.2) is 0 Å². The van der Waals surface area contributed by atoms with Gasteiger partial charge < -0.3 is 5.11 Å². The summed E-state index contributed by atoms with van der Waals surface area (Å²) in [5.41, 5.74) is 4.62. The molecule has 0 amide bonds. The van der Waals surface area contributed by atoms with Crippen LogP contribution in [-0.2, 0) is 0 Å². The van der Waals surface area contributed by atoms with Crippen molar-refractivity contribution in [2.45, 2.75) is 45.6 Å². The first-order chi connectivity index (χ1) is 7.02. The number of hydrogen-bond donors (Lipinski definition) is 1. The van der Waals surface area contributed by atoms with Crippen molar-refractivity contribution in [3.8, 4) is 0 Å². The number of fused-ring (bicyclic) bond motifs is 1. The molecule has 0 saturated heterocycles. The van der Waals surface area contributed by atoms with Crippen LogP contribution in [0, 0.1) is 13.8 Å². The number of halogens is 1. The van der Waals surface area contributed by atoms with E-state index >= 15 is 0 Å². The number of benzene rings is 1. The fraction of sp³-hybridized carbons (Fsp3) is 0.538. The first-order valence-corrected chi connectivity index (χ1v) is 5.87. The Hall–Kier alpha value is -0.530. The molecule has 0 bridgehead atoms. The summed E-state index contributed by atoms with van der Waals surface area (Å²) in [6.45, 7) is 6.31. The Morgan fingerprint density at radius 1 is 1.27 bits per heavy atom. The van der Waals surface area contributed by atoms with Gasteiger partial charge in [0.25, 0.3) is 0 Å². The summed E-state index contributed by atoms with van der Waals surface area (Å²) in [5, 5.41) is 10.9. The summed E-state index contributed by atoms with van der Waals surface area (Å²) in [4.78, 5) is 0. The number of hydrogen-bond acceptors (Lipinski definition) is 1. The number of aliphatic hydroxyl groups is 1. The van der Waals surface area contributed by atoms with Crippen molar-refractivity contribution in [3.05, 3.63) is 33.3 Å². The molecule has 15 heavy (non-hydrogen) atoms. The Morgan fingerprint density at radius 2 is 1.93 bits per heavy atom. The molecule has 0 saturated carbocycles. The van der Waals surface area contributed by atoms with Crippen molar-refractivity contribution in [1.29, 1.82) is 0 Å². The number of aryl methyl sites for hydroxylation is 1. The van der Waals surface area contributed by atoms with Gasteiger partial charge in [0.1, 0.15) is 0 Å². The summed E-state index contributed by atoms with van der Waals surface area (Å²) in [7, 11) is 0. The van der Waals surface area contributed by atoms with Gasteiger partial charge in [0.05, 0.1) is 6.10 Å². The molecule has 1 nitrogen and oxygen atoms in total. The quantitative estimate of drug-likeness (QED) is 0.709. The molecule has 0 radical (unpaired) electrons. The van der Waals surface area contributed by atoms with E-state index in [4.69, 9.17) is 11.6 Å². The minimum atomic E-state index is -0.325. The van der Waals surface area contributed by atoms with Crippen LogP contribution >= 0.6 is 11.6 Å². The summed E-state index contributed by atoms with van der Waals surface area (Å²) in [6, 6.07) is 2.02. The van der Waals surface area contributed by atoms with Gasteiger partial charge in [-0.2, -0.15) is 0 Å². The van der Waals surface area contributed by atoms with E-state index in [0.29, 0.717) is 5.92 Å². The maximum Gasteiger partial charge on any atom is 0.0796 e. The molecule has 0 aromatic heterocycles. The Labute approximate surface area is 96.1 Å². The highest BCUT2D eigenvalue weighted by molar-refractivity contribution is 6.31. The molecule has 2 atom stereocenters. The third-order valence-corrected chi connectivity index (χ3v) is 3.90. The van der Waals surface area contributed by atoms with E-state index in [1.54, 1.807) is 0 Å². The van der Waals surface area contributed by atoms with E-state index in [0.717, 1.165) is 23.4 Å². The van der Waals surface area contributed by atoms with Crippen molar-refractivity contribution < 1.29 is 5.11 Å². The highest BCUT2D eigenvalue weighted by atomic mass is 35.5. The molecule has 0 fully saturated rings. The van der Waals surface area contributed by atoms with Gasteiger partial charge in [-0.15, -0.1) is 0 Å². The van der Waals surface area contributed by atoms with Gasteiger partial charge in [-0.1, -0.05) is 18.5 Å². The minimum absolute atomic E-state index is 0.325. The summed E-state index contributed by atoms with van der Waals surface area (Å²) in [5.74, 6) is 0.468. The number of aliphatic hydroxyl groups excluding tert-OH is 1. The normalized spacial score (nSPS) is 25.1. The van der Waals surface area contributed by atoms with Crippen molar-refractivity contribution in [2.24, 2.45) is 0 Å². The van der Waals surface area contributed by atoms with Crippen LogP contribution in [0.3, 0.4) is 0 Å². The molecule has 1 aliphatic rings. The zero-order valence-electron chi connectivity index (χ0n) is 9.47. The molecule has 1 aromatic rings. The molecule has 1 N–H and O–H groups in total. The van der Waals surface area contributed by atoms with Gasteiger partial charge in [-0.25, -0.2) is 0 Å². The lowest BCUT2D eigenvalue weighted by Crippen LogP contribution is -2.15. The van der Waals surface area contributed by atoms with Crippen LogP contribution in [0.2, 0.25) is 5.02 Å². The maximum absolute atomic E-state index is 10.1. The van der Waals surface area contributed by atoms with E-state index in [1.165, 1.54) is 16.7 Å². The largest absolute Gasteiger partial charge is 0.388 e. The molecule has 2 rings (SSSR count). The lowest BCUT2D eigenvalue weighted by atomic mass is 9.79. The summed E-state index contributed by atoms with van der Waals surface area (Å²) >= 11 is 6.27. The summed E-state index contributed by atoms with van der Waals surface area (Å²) < 4.78 is 0. The molecule has 82 valence electrons. The summed E-state index contributed by atoms with van der Waals surface area (Å²) in [6.07, 6.45) is 1.55. The molecule has 0 heterocycles. The topological polar surface area (TPSA) is 20.2 Å². The lowest BCUT2D eigenvalue weighted by molar-refractivity contribution is 0.151. The average Bonchev–Trinajstić information content (AvgIpc) is 2.18. The Balaban J connectivity index is 2.71. The monoisotopic (exact) mass is 224 g/mol. The Bertz CT molecular complexity index is 398. The first kappa shape index (κ1) is 11.0. The van der Waals surface area contributed by atoms with Gasteiger partial charge in [-0.05, 0) is 60.9 Å². The van der Waals surface area contributed by atoms with Crippen molar-refractivity contribution >= 4 is 11.6 Å². The zero-order chi connectivity index (χ0) is 11.2.